The third kappa shape index (κ3) is 21.7. The zero-order valence-electron chi connectivity index (χ0n) is 56.0. The lowest BCUT2D eigenvalue weighted by Gasteiger charge is -2.34. The Labute approximate surface area is 505 Å². The van der Waals surface area contributed by atoms with E-state index in [0.29, 0.717) is 0 Å². The van der Waals surface area contributed by atoms with E-state index in [0.717, 1.165) is 56.4 Å². The van der Waals surface area contributed by atoms with Crippen LogP contribution in [0.25, 0.3) is 54.9 Å². The molecule has 0 fully saturated rings. The lowest BCUT2D eigenvalue weighted by molar-refractivity contribution is 1.27. The summed E-state index contributed by atoms with van der Waals surface area (Å²) in [5.41, 5.74) is 13.5. The van der Waals surface area contributed by atoms with Crippen LogP contribution in [-0.4, -0.2) is 0 Å². The maximum absolute atomic E-state index is 2.46. The molecule has 0 aliphatic heterocycles. The van der Waals surface area contributed by atoms with E-state index < -0.39 is 0 Å². The highest BCUT2D eigenvalue weighted by Crippen LogP contribution is 2.53. The van der Waals surface area contributed by atoms with E-state index in [4.69, 9.17) is 0 Å². The second-order valence-electron chi connectivity index (χ2n) is 14.5. The van der Waals surface area contributed by atoms with Crippen molar-refractivity contribution in [2.45, 2.75) is 166 Å². The summed E-state index contributed by atoms with van der Waals surface area (Å²) in [6.07, 6.45) is 0. The summed E-state index contributed by atoms with van der Waals surface area (Å²) in [6, 6.07) is 87.5. The van der Waals surface area contributed by atoms with Crippen LogP contribution in [0.1, 0.15) is 166 Å². The Kier molecular flexibility index (Phi) is 49.3. The summed E-state index contributed by atoms with van der Waals surface area (Å²) >= 11 is 0. The molecule has 0 heterocycles. The number of hydrogen-bond acceptors (Lipinski definition) is 2. The molecule has 0 saturated carbocycles. The first-order valence-electron chi connectivity index (χ1n) is 31.9. The van der Waals surface area contributed by atoms with Gasteiger partial charge in [-0.1, -0.05) is 360 Å². The largest absolute Gasteiger partial charge is 0.309 e. The van der Waals surface area contributed by atoms with Gasteiger partial charge in [-0.2, -0.15) is 0 Å². The molecular formula is C80H112N2. The highest BCUT2D eigenvalue weighted by atomic mass is 15.2. The standard InChI is InChI=1S/C56H40N2.12C2H6/c1-5-21-41(22-6-1)47-31-17-19-35-51(47)57(45-27-9-3-10-28-45)53-39-37-43-25-13-15-33-49(43)55(53)56-50-34-16-14-26-44(50)38-40-54(56)58(46-29-11-4-12-30-46)52-36-20-18-32-48(52)42-23-7-2-8-24-42;12*1-2/h1-40H;12*1-2H3. The molecule has 0 radical (unpaired) electrons. The van der Waals surface area contributed by atoms with Crippen LogP contribution >= 0.6 is 0 Å². The van der Waals surface area contributed by atoms with Crippen molar-refractivity contribution in [2.75, 3.05) is 9.80 Å². The topological polar surface area (TPSA) is 6.48 Å². The van der Waals surface area contributed by atoms with Crippen LogP contribution in [0.4, 0.5) is 34.1 Å². The molecule has 2 nitrogen and oxygen atoms in total. The van der Waals surface area contributed by atoms with Crippen LogP contribution in [0.5, 0.6) is 0 Å². The number of nitrogens with zero attached hydrogens (tertiary/aromatic N) is 2. The van der Waals surface area contributed by atoms with Crippen molar-refractivity contribution in [1.29, 1.82) is 0 Å². The van der Waals surface area contributed by atoms with Gasteiger partial charge in [-0.05, 0) is 81.2 Å². The molecule has 0 atom stereocenters. The van der Waals surface area contributed by atoms with Gasteiger partial charge in [0, 0.05) is 33.6 Å². The van der Waals surface area contributed by atoms with Gasteiger partial charge in [0.25, 0.3) is 0 Å². The minimum atomic E-state index is 1.08. The van der Waals surface area contributed by atoms with Gasteiger partial charge in [0.2, 0.25) is 0 Å². The molecule has 0 N–H and O–H groups in total. The molecule has 0 unspecified atom stereocenters. The molecule has 10 aromatic carbocycles. The highest BCUT2D eigenvalue weighted by molar-refractivity contribution is 6.16. The van der Waals surface area contributed by atoms with Crippen molar-refractivity contribution in [3.05, 3.63) is 243 Å². The van der Waals surface area contributed by atoms with E-state index in [9.17, 15) is 0 Å². The third-order valence-electron chi connectivity index (χ3n) is 11.0. The van der Waals surface area contributed by atoms with Gasteiger partial charge in [0.1, 0.15) is 0 Å². The van der Waals surface area contributed by atoms with Crippen molar-refractivity contribution in [3.8, 4) is 33.4 Å². The predicted octanol–water partition coefficient (Wildman–Crippen LogP) is 28.2. The maximum Gasteiger partial charge on any atom is 0.0547 e. The van der Waals surface area contributed by atoms with Crippen molar-refractivity contribution >= 4 is 55.7 Å². The van der Waals surface area contributed by atoms with Gasteiger partial charge in [0.15, 0.2) is 0 Å². The van der Waals surface area contributed by atoms with Crippen LogP contribution in [0, 0.1) is 0 Å². The van der Waals surface area contributed by atoms with Crippen LogP contribution < -0.4 is 9.80 Å². The number of hydrogen-bond donors (Lipinski definition) is 0. The average molecular weight is 1100 g/mol. The van der Waals surface area contributed by atoms with Crippen LogP contribution in [0.2, 0.25) is 0 Å². The minimum Gasteiger partial charge on any atom is -0.309 e. The first kappa shape index (κ1) is 78.5. The van der Waals surface area contributed by atoms with E-state index in [1.54, 1.807) is 0 Å². The van der Waals surface area contributed by atoms with Gasteiger partial charge in [-0.15, -0.1) is 0 Å². The second kappa shape index (κ2) is 51.5. The van der Waals surface area contributed by atoms with Crippen LogP contribution in [0.3, 0.4) is 0 Å². The van der Waals surface area contributed by atoms with E-state index in [2.05, 4.69) is 252 Å². The number of anilines is 6. The SMILES string of the molecule is CC.CC.CC.CC.CC.CC.CC.CC.CC.CC.CC.CC.c1ccc(-c2ccccc2N(c2ccccc2)c2ccc3ccccc3c2-c2c(N(c3ccccc3)c3ccccc3-c3ccccc3)ccc3ccccc23)cc1. The Balaban J connectivity index is -0.00000232. The lowest BCUT2D eigenvalue weighted by Crippen LogP contribution is -2.15. The number of benzene rings is 10. The van der Waals surface area contributed by atoms with E-state index >= 15 is 0 Å². The number of rotatable bonds is 9. The summed E-state index contributed by atoms with van der Waals surface area (Å²) in [5, 5.41) is 4.72. The van der Waals surface area contributed by atoms with Crippen molar-refractivity contribution in [3.63, 3.8) is 0 Å². The van der Waals surface area contributed by atoms with Gasteiger partial charge < -0.3 is 9.80 Å². The van der Waals surface area contributed by atoms with E-state index in [1.165, 1.54) is 32.7 Å². The second-order valence-corrected chi connectivity index (χ2v) is 14.5. The van der Waals surface area contributed by atoms with Gasteiger partial charge >= 0.3 is 0 Å². The molecule has 2 heteroatoms. The summed E-state index contributed by atoms with van der Waals surface area (Å²) < 4.78 is 0. The Morgan fingerprint density at radius 3 is 0.707 bits per heavy atom. The quantitative estimate of drug-likeness (QED) is 0.142. The molecule has 10 aromatic rings. The summed E-state index contributed by atoms with van der Waals surface area (Å²) in [4.78, 5) is 4.92. The normalized spacial score (nSPS) is 8.73. The summed E-state index contributed by atoms with van der Waals surface area (Å²) in [5.74, 6) is 0. The molecule has 0 amide bonds. The van der Waals surface area contributed by atoms with Gasteiger partial charge in [-0.3, -0.25) is 0 Å². The van der Waals surface area contributed by atoms with E-state index in [-0.39, 0.29) is 0 Å². The fraction of sp³-hybridized carbons (Fsp3) is 0.300. The van der Waals surface area contributed by atoms with Gasteiger partial charge in [0.05, 0.1) is 22.7 Å². The molecule has 0 bridgehead atoms. The lowest BCUT2D eigenvalue weighted by atomic mass is 9.89. The molecular weight excluding hydrogens is 989 g/mol. The average Bonchev–Trinajstić information content (AvgIpc) is 3.57. The highest BCUT2D eigenvalue weighted by Gasteiger charge is 2.27. The summed E-state index contributed by atoms with van der Waals surface area (Å²) in [7, 11) is 0. The smallest absolute Gasteiger partial charge is 0.0547 e. The van der Waals surface area contributed by atoms with Crippen molar-refractivity contribution in [2.24, 2.45) is 0 Å². The Bertz CT molecular complexity index is 2790. The van der Waals surface area contributed by atoms with Gasteiger partial charge in [-0.25, -0.2) is 0 Å². The molecule has 10 rings (SSSR count). The number of para-hydroxylation sites is 4. The first-order valence-corrected chi connectivity index (χ1v) is 31.9. The van der Waals surface area contributed by atoms with Crippen molar-refractivity contribution in [1.82, 2.24) is 0 Å². The fourth-order valence-electron chi connectivity index (χ4n) is 8.45. The molecule has 82 heavy (non-hydrogen) atoms. The Morgan fingerprint density at radius 2 is 0.415 bits per heavy atom. The molecule has 0 saturated heterocycles. The molecule has 0 spiro atoms. The Hall–Kier alpha value is -7.68. The summed E-state index contributed by atoms with van der Waals surface area (Å²) in [6.45, 7) is 48.0. The molecule has 0 aromatic heterocycles. The Morgan fingerprint density at radius 1 is 0.183 bits per heavy atom. The zero-order chi connectivity index (χ0) is 62.7. The van der Waals surface area contributed by atoms with Crippen LogP contribution in [-0.2, 0) is 0 Å². The van der Waals surface area contributed by atoms with E-state index in [1.807, 2.05) is 166 Å². The minimum absolute atomic E-state index is 1.08. The first-order chi connectivity index (χ1) is 40.8. The van der Waals surface area contributed by atoms with Crippen molar-refractivity contribution < 1.29 is 0 Å². The monoisotopic (exact) mass is 1100 g/mol. The number of fused-ring (bicyclic) bond motifs is 2. The predicted molar refractivity (Wildman–Crippen MR) is 383 cm³/mol. The zero-order valence-corrected chi connectivity index (χ0v) is 56.0. The van der Waals surface area contributed by atoms with Crippen LogP contribution in [0.15, 0.2) is 243 Å². The maximum atomic E-state index is 2.46. The molecule has 442 valence electrons. The fourth-order valence-corrected chi connectivity index (χ4v) is 8.45. The third-order valence-corrected chi connectivity index (χ3v) is 11.0. The molecule has 0 aliphatic carbocycles. The molecule has 0 aliphatic rings.